The molecule has 0 atom stereocenters. The Morgan fingerprint density at radius 1 is 1.07 bits per heavy atom. The second-order valence-electron chi connectivity index (χ2n) is 5.95. The van der Waals surface area contributed by atoms with Gasteiger partial charge in [0.1, 0.15) is 22.3 Å². The fourth-order valence-electron chi connectivity index (χ4n) is 2.70. The zero-order valence-electron chi connectivity index (χ0n) is 15.7. The molecule has 0 saturated heterocycles. The molecule has 1 N–H and O–H groups in total. The first-order valence-corrected chi connectivity index (χ1v) is 10.5. The van der Waals surface area contributed by atoms with Crippen molar-refractivity contribution in [1.29, 1.82) is 0 Å². The molecule has 9 heteroatoms. The highest BCUT2D eigenvalue weighted by Gasteiger charge is 2.14. The van der Waals surface area contributed by atoms with Crippen LogP contribution in [0.3, 0.4) is 0 Å². The van der Waals surface area contributed by atoms with Gasteiger partial charge in [-0.1, -0.05) is 23.9 Å². The Bertz CT molecular complexity index is 1130. The van der Waals surface area contributed by atoms with E-state index < -0.39 is 0 Å². The molecule has 2 aromatic carbocycles. The van der Waals surface area contributed by atoms with Crippen LogP contribution in [0, 0.1) is 5.82 Å². The highest BCUT2D eigenvalue weighted by Crippen LogP contribution is 2.35. The standard InChI is InChI=1S/C20H17FN4O2S2/c1-26-13-7-8-15(17(9-13)27-2)19-22-12(10-28-19)11-29-20-23-18(24-25-20)14-5-3-4-6-16(14)21/h3-10H,11H2,1-2H3,(H,23,24,25). The van der Waals surface area contributed by atoms with Crippen molar-refractivity contribution in [1.82, 2.24) is 20.2 Å². The smallest absolute Gasteiger partial charge is 0.209 e. The van der Waals surface area contributed by atoms with Crippen molar-refractivity contribution in [2.45, 2.75) is 10.9 Å². The van der Waals surface area contributed by atoms with E-state index in [0.717, 1.165) is 22.0 Å². The van der Waals surface area contributed by atoms with Crippen molar-refractivity contribution in [2.75, 3.05) is 14.2 Å². The first-order chi connectivity index (χ1) is 14.2. The van der Waals surface area contributed by atoms with Gasteiger partial charge in [-0.25, -0.2) is 14.4 Å². The van der Waals surface area contributed by atoms with E-state index in [9.17, 15) is 4.39 Å². The van der Waals surface area contributed by atoms with Crippen LogP contribution >= 0.6 is 23.1 Å². The minimum Gasteiger partial charge on any atom is -0.497 e. The Hall–Kier alpha value is -2.91. The predicted molar refractivity (Wildman–Crippen MR) is 112 cm³/mol. The summed E-state index contributed by atoms with van der Waals surface area (Å²) in [7, 11) is 3.24. The molecule has 0 radical (unpaired) electrons. The van der Waals surface area contributed by atoms with Gasteiger partial charge in [-0.15, -0.1) is 16.4 Å². The van der Waals surface area contributed by atoms with E-state index in [4.69, 9.17) is 9.47 Å². The summed E-state index contributed by atoms with van der Waals surface area (Å²) < 4.78 is 24.6. The molecule has 0 spiro atoms. The summed E-state index contributed by atoms with van der Waals surface area (Å²) in [4.78, 5) is 9.06. The Balaban J connectivity index is 1.46. The number of hydrogen-bond acceptors (Lipinski definition) is 7. The van der Waals surface area contributed by atoms with E-state index in [2.05, 4.69) is 20.2 Å². The van der Waals surface area contributed by atoms with Crippen molar-refractivity contribution < 1.29 is 13.9 Å². The van der Waals surface area contributed by atoms with Crippen LogP contribution in [0.25, 0.3) is 22.0 Å². The van der Waals surface area contributed by atoms with E-state index >= 15 is 0 Å². The van der Waals surface area contributed by atoms with Gasteiger partial charge in [0.2, 0.25) is 5.16 Å². The summed E-state index contributed by atoms with van der Waals surface area (Å²) >= 11 is 2.98. The third kappa shape index (κ3) is 4.25. The topological polar surface area (TPSA) is 72.9 Å². The number of thiazole rings is 1. The third-order valence-corrected chi connectivity index (χ3v) is 5.94. The van der Waals surface area contributed by atoms with Gasteiger partial charge in [0.05, 0.1) is 31.0 Å². The summed E-state index contributed by atoms with van der Waals surface area (Å²) in [5.74, 6) is 2.11. The van der Waals surface area contributed by atoms with E-state index in [1.54, 1.807) is 43.8 Å². The molecule has 0 unspecified atom stereocenters. The first kappa shape index (κ1) is 19.4. The lowest BCUT2D eigenvalue weighted by atomic mass is 10.2. The largest absolute Gasteiger partial charge is 0.497 e. The predicted octanol–water partition coefficient (Wildman–Crippen LogP) is 5.04. The number of benzene rings is 2. The highest BCUT2D eigenvalue weighted by atomic mass is 32.2. The SMILES string of the molecule is COc1ccc(-c2nc(CSc3n[nH]c(-c4ccccc4F)n3)cs2)c(OC)c1. The summed E-state index contributed by atoms with van der Waals surface area (Å²) in [5.41, 5.74) is 2.22. The minimum atomic E-state index is -0.335. The maximum Gasteiger partial charge on any atom is 0.209 e. The number of methoxy groups -OCH3 is 2. The summed E-state index contributed by atoms with van der Waals surface area (Å²) in [6, 6.07) is 12.1. The maximum atomic E-state index is 13.9. The number of nitrogens with one attached hydrogen (secondary N) is 1. The number of hydrogen-bond donors (Lipinski definition) is 1. The van der Waals surface area contributed by atoms with Crippen LogP contribution in [0.2, 0.25) is 0 Å². The molecular weight excluding hydrogens is 411 g/mol. The Morgan fingerprint density at radius 3 is 2.72 bits per heavy atom. The van der Waals surface area contributed by atoms with Crippen LogP contribution in [0.15, 0.2) is 53.0 Å². The van der Waals surface area contributed by atoms with E-state index in [0.29, 0.717) is 28.0 Å². The molecule has 4 rings (SSSR count). The van der Waals surface area contributed by atoms with Crippen LogP contribution in [0.4, 0.5) is 4.39 Å². The number of rotatable bonds is 7. The lowest BCUT2D eigenvalue weighted by Crippen LogP contribution is -1.90. The zero-order chi connectivity index (χ0) is 20.2. The van der Waals surface area contributed by atoms with Gasteiger partial charge in [0, 0.05) is 17.2 Å². The van der Waals surface area contributed by atoms with Gasteiger partial charge in [-0.3, -0.25) is 5.10 Å². The second kappa shape index (κ2) is 8.62. The van der Waals surface area contributed by atoms with Gasteiger partial charge in [-0.2, -0.15) is 0 Å². The molecule has 0 aliphatic carbocycles. The average molecular weight is 429 g/mol. The number of thioether (sulfide) groups is 1. The molecule has 2 heterocycles. The molecule has 0 bridgehead atoms. The molecule has 0 amide bonds. The summed E-state index contributed by atoms with van der Waals surface area (Å²) in [6.07, 6.45) is 0. The third-order valence-electron chi connectivity index (χ3n) is 4.13. The second-order valence-corrected chi connectivity index (χ2v) is 7.75. The first-order valence-electron chi connectivity index (χ1n) is 8.65. The number of halogens is 1. The average Bonchev–Trinajstić information content (AvgIpc) is 3.41. The number of ether oxygens (including phenoxy) is 2. The lowest BCUT2D eigenvalue weighted by Gasteiger charge is -2.08. The molecule has 0 aliphatic rings. The number of aromatic nitrogens is 4. The Labute approximate surface area is 175 Å². The quantitative estimate of drug-likeness (QED) is 0.416. The van der Waals surface area contributed by atoms with Gasteiger partial charge in [-0.05, 0) is 24.3 Å². The van der Waals surface area contributed by atoms with Crippen LogP contribution < -0.4 is 9.47 Å². The number of H-pyrrole nitrogens is 1. The van der Waals surface area contributed by atoms with E-state index in [1.807, 2.05) is 23.6 Å². The molecule has 6 nitrogen and oxygen atoms in total. The number of aromatic amines is 1. The van der Waals surface area contributed by atoms with Crippen molar-refractivity contribution in [3.63, 3.8) is 0 Å². The van der Waals surface area contributed by atoms with E-state index in [1.165, 1.54) is 17.8 Å². The molecule has 2 aromatic heterocycles. The Morgan fingerprint density at radius 2 is 1.93 bits per heavy atom. The number of nitrogens with zero attached hydrogens (tertiary/aromatic N) is 3. The van der Waals surface area contributed by atoms with Crippen molar-refractivity contribution in [3.8, 4) is 33.5 Å². The molecule has 0 fully saturated rings. The van der Waals surface area contributed by atoms with Gasteiger partial charge in [0.15, 0.2) is 5.82 Å². The molecule has 4 aromatic rings. The summed E-state index contributed by atoms with van der Waals surface area (Å²) in [6.45, 7) is 0. The van der Waals surface area contributed by atoms with Crippen LogP contribution in [-0.4, -0.2) is 34.4 Å². The minimum absolute atomic E-state index is 0.335. The molecule has 29 heavy (non-hydrogen) atoms. The van der Waals surface area contributed by atoms with Crippen LogP contribution in [-0.2, 0) is 5.75 Å². The molecule has 0 saturated carbocycles. The zero-order valence-corrected chi connectivity index (χ0v) is 17.3. The van der Waals surface area contributed by atoms with Gasteiger partial charge >= 0.3 is 0 Å². The van der Waals surface area contributed by atoms with Crippen molar-refractivity contribution in [3.05, 3.63) is 59.4 Å². The van der Waals surface area contributed by atoms with Crippen LogP contribution in [0.1, 0.15) is 5.69 Å². The lowest BCUT2D eigenvalue weighted by molar-refractivity contribution is 0.395. The van der Waals surface area contributed by atoms with Crippen molar-refractivity contribution in [2.24, 2.45) is 0 Å². The van der Waals surface area contributed by atoms with Crippen LogP contribution in [0.5, 0.6) is 11.5 Å². The highest BCUT2D eigenvalue weighted by molar-refractivity contribution is 7.98. The van der Waals surface area contributed by atoms with Gasteiger partial charge in [0.25, 0.3) is 0 Å². The molecular formula is C20H17FN4O2S2. The Kier molecular flexibility index (Phi) is 5.77. The molecule has 148 valence electrons. The monoisotopic (exact) mass is 428 g/mol. The fraction of sp³-hybridized carbons (Fsp3) is 0.150. The van der Waals surface area contributed by atoms with Gasteiger partial charge < -0.3 is 9.47 Å². The maximum absolute atomic E-state index is 13.9. The normalized spacial score (nSPS) is 10.9. The summed E-state index contributed by atoms with van der Waals surface area (Å²) in [5, 5.41) is 10.4. The van der Waals surface area contributed by atoms with E-state index in [-0.39, 0.29) is 5.82 Å². The molecule has 0 aliphatic heterocycles. The fourth-order valence-corrected chi connectivity index (χ4v) is 4.34. The van der Waals surface area contributed by atoms with Crippen molar-refractivity contribution >= 4 is 23.1 Å².